The Morgan fingerprint density at radius 3 is 2.26 bits per heavy atom. The Balaban J connectivity index is 1.62. The van der Waals surface area contributed by atoms with E-state index in [1.807, 2.05) is 0 Å². The van der Waals surface area contributed by atoms with Gasteiger partial charge in [0.2, 0.25) is 15.9 Å². The SMILES string of the molecule is CCOC(=O)N1CCN(C(=O)CCc2cc(S(=O)(=O)N3CCCC3)ccc2OC)CC1. The van der Waals surface area contributed by atoms with E-state index in [9.17, 15) is 18.0 Å². The molecule has 1 aromatic carbocycles. The van der Waals surface area contributed by atoms with Crippen LogP contribution < -0.4 is 4.74 Å². The highest BCUT2D eigenvalue weighted by Crippen LogP contribution is 2.27. The van der Waals surface area contributed by atoms with Gasteiger partial charge in [-0.15, -0.1) is 0 Å². The second-order valence-electron chi connectivity index (χ2n) is 7.65. The van der Waals surface area contributed by atoms with Crippen molar-refractivity contribution in [2.75, 3.05) is 53.0 Å². The van der Waals surface area contributed by atoms with Crippen molar-refractivity contribution in [2.24, 2.45) is 0 Å². The molecule has 0 N–H and O–H groups in total. The third kappa shape index (κ3) is 5.48. The largest absolute Gasteiger partial charge is 0.496 e. The van der Waals surface area contributed by atoms with Crippen LogP contribution in [0.1, 0.15) is 31.7 Å². The Kier molecular flexibility index (Phi) is 7.77. The van der Waals surface area contributed by atoms with Crippen LogP contribution in [0.2, 0.25) is 0 Å². The van der Waals surface area contributed by atoms with E-state index in [0.29, 0.717) is 63.6 Å². The highest BCUT2D eigenvalue weighted by Gasteiger charge is 2.28. The van der Waals surface area contributed by atoms with Crippen molar-refractivity contribution < 1.29 is 27.5 Å². The van der Waals surface area contributed by atoms with E-state index in [1.165, 1.54) is 11.4 Å². The molecule has 0 aromatic heterocycles. The van der Waals surface area contributed by atoms with Gasteiger partial charge in [-0.25, -0.2) is 13.2 Å². The summed E-state index contributed by atoms with van der Waals surface area (Å²) in [6.45, 7) is 4.97. The van der Waals surface area contributed by atoms with E-state index in [2.05, 4.69) is 0 Å². The third-order valence-corrected chi connectivity index (χ3v) is 7.62. The molecule has 2 fully saturated rings. The molecule has 2 amide bonds. The monoisotopic (exact) mass is 453 g/mol. The molecule has 0 aliphatic carbocycles. The van der Waals surface area contributed by atoms with E-state index < -0.39 is 10.0 Å². The molecular weight excluding hydrogens is 422 g/mol. The van der Waals surface area contributed by atoms with Gasteiger partial charge in [0.15, 0.2) is 0 Å². The first kappa shape index (κ1) is 23.3. The van der Waals surface area contributed by atoms with Gasteiger partial charge in [0.1, 0.15) is 5.75 Å². The number of carbonyl (C=O) groups is 2. The molecule has 10 heteroatoms. The average molecular weight is 454 g/mol. The minimum atomic E-state index is -3.53. The maximum atomic E-state index is 12.9. The number of benzene rings is 1. The fraction of sp³-hybridized carbons (Fsp3) is 0.619. The zero-order valence-electron chi connectivity index (χ0n) is 18.2. The maximum absolute atomic E-state index is 12.9. The lowest BCUT2D eigenvalue weighted by Gasteiger charge is -2.34. The highest BCUT2D eigenvalue weighted by molar-refractivity contribution is 7.89. The molecule has 0 bridgehead atoms. The van der Waals surface area contributed by atoms with Gasteiger partial charge in [0, 0.05) is 45.7 Å². The van der Waals surface area contributed by atoms with Crippen LogP contribution in [0.4, 0.5) is 4.79 Å². The van der Waals surface area contributed by atoms with Crippen molar-refractivity contribution >= 4 is 22.0 Å². The third-order valence-electron chi connectivity index (χ3n) is 5.72. The predicted molar refractivity (Wildman–Crippen MR) is 114 cm³/mol. The minimum absolute atomic E-state index is 0.0293. The Bertz CT molecular complexity index is 890. The molecule has 0 saturated carbocycles. The first-order valence-corrected chi connectivity index (χ1v) is 12.2. The van der Waals surface area contributed by atoms with Crippen LogP contribution in [0.15, 0.2) is 23.1 Å². The molecule has 2 aliphatic rings. The number of sulfonamides is 1. The van der Waals surface area contributed by atoms with Gasteiger partial charge in [0.05, 0.1) is 18.6 Å². The van der Waals surface area contributed by atoms with Crippen LogP contribution in [0.25, 0.3) is 0 Å². The van der Waals surface area contributed by atoms with Crippen molar-refractivity contribution in [3.63, 3.8) is 0 Å². The quantitative estimate of drug-likeness (QED) is 0.624. The normalized spacial score (nSPS) is 17.6. The Hall–Kier alpha value is -2.33. The second kappa shape index (κ2) is 10.3. The molecule has 2 aliphatic heterocycles. The smallest absolute Gasteiger partial charge is 0.409 e. The van der Waals surface area contributed by atoms with Gasteiger partial charge in [-0.2, -0.15) is 4.31 Å². The Labute approximate surface area is 183 Å². The standard InChI is InChI=1S/C21H31N3O6S/c1-3-30-21(26)23-14-12-22(13-15-23)20(25)9-6-17-16-18(7-8-19(17)29-2)31(27,28)24-10-4-5-11-24/h7-8,16H,3-6,9-15H2,1-2H3. The lowest BCUT2D eigenvalue weighted by molar-refractivity contribution is -0.132. The topological polar surface area (TPSA) is 96.5 Å². The highest BCUT2D eigenvalue weighted by atomic mass is 32.2. The van der Waals surface area contributed by atoms with Crippen molar-refractivity contribution in [2.45, 2.75) is 37.5 Å². The summed E-state index contributed by atoms with van der Waals surface area (Å²) in [5.74, 6) is 0.540. The zero-order valence-corrected chi connectivity index (χ0v) is 19.0. The first-order valence-electron chi connectivity index (χ1n) is 10.7. The lowest BCUT2D eigenvalue weighted by atomic mass is 10.1. The van der Waals surface area contributed by atoms with Gasteiger partial charge in [-0.05, 0) is 49.9 Å². The fourth-order valence-electron chi connectivity index (χ4n) is 3.94. The summed E-state index contributed by atoms with van der Waals surface area (Å²) >= 11 is 0. The summed E-state index contributed by atoms with van der Waals surface area (Å²) in [6.07, 6.45) is 2.02. The summed E-state index contributed by atoms with van der Waals surface area (Å²) in [5.41, 5.74) is 0.696. The van der Waals surface area contributed by atoms with Crippen molar-refractivity contribution in [3.8, 4) is 5.75 Å². The van der Waals surface area contributed by atoms with Gasteiger partial charge >= 0.3 is 6.09 Å². The van der Waals surface area contributed by atoms with E-state index >= 15 is 0 Å². The first-order chi connectivity index (χ1) is 14.9. The summed E-state index contributed by atoms with van der Waals surface area (Å²) in [4.78, 5) is 28.1. The van der Waals surface area contributed by atoms with Gasteiger partial charge < -0.3 is 19.3 Å². The fourth-order valence-corrected chi connectivity index (χ4v) is 5.51. The van der Waals surface area contributed by atoms with Crippen molar-refractivity contribution in [1.82, 2.24) is 14.1 Å². The van der Waals surface area contributed by atoms with E-state index in [1.54, 1.807) is 34.9 Å². The molecule has 1 aromatic rings. The van der Waals surface area contributed by atoms with Gasteiger partial charge in [-0.1, -0.05) is 0 Å². The molecule has 0 unspecified atom stereocenters. The number of amides is 2. The van der Waals surface area contributed by atoms with Crippen LogP contribution in [0.5, 0.6) is 5.75 Å². The number of aryl methyl sites for hydroxylation is 1. The van der Waals surface area contributed by atoms with E-state index in [-0.39, 0.29) is 23.3 Å². The molecule has 2 heterocycles. The Morgan fingerprint density at radius 2 is 1.65 bits per heavy atom. The molecule has 172 valence electrons. The molecule has 0 radical (unpaired) electrons. The Morgan fingerprint density at radius 1 is 1.00 bits per heavy atom. The van der Waals surface area contributed by atoms with Gasteiger partial charge in [-0.3, -0.25) is 4.79 Å². The van der Waals surface area contributed by atoms with E-state index in [0.717, 1.165) is 12.8 Å². The molecule has 31 heavy (non-hydrogen) atoms. The molecule has 9 nitrogen and oxygen atoms in total. The zero-order chi connectivity index (χ0) is 22.4. The summed E-state index contributed by atoms with van der Waals surface area (Å²) < 4.78 is 37.6. The number of carbonyl (C=O) groups excluding carboxylic acids is 2. The average Bonchev–Trinajstić information content (AvgIpc) is 3.33. The van der Waals surface area contributed by atoms with Crippen LogP contribution in [-0.4, -0.2) is 87.5 Å². The van der Waals surface area contributed by atoms with Gasteiger partial charge in [0.25, 0.3) is 0 Å². The summed E-state index contributed by atoms with van der Waals surface area (Å²) in [7, 11) is -2.00. The van der Waals surface area contributed by atoms with Crippen LogP contribution in [0, 0.1) is 0 Å². The summed E-state index contributed by atoms with van der Waals surface area (Å²) in [5, 5.41) is 0. The van der Waals surface area contributed by atoms with Crippen LogP contribution in [-0.2, 0) is 26.0 Å². The number of hydrogen-bond donors (Lipinski definition) is 0. The molecule has 2 saturated heterocycles. The number of hydrogen-bond acceptors (Lipinski definition) is 6. The van der Waals surface area contributed by atoms with Crippen molar-refractivity contribution in [3.05, 3.63) is 23.8 Å². The molecule has 0 spiro atoms. The second-order valence-corrected chi connectivity index (χ2v) is 9.59. The van der Waals surface area contributed by atoms with Crippen LogP contribution in [0.3, 0.4) is 0 Å². The van der Waals surface area contributed by atoms with E-state index in [4.69, 9.17) is 9.47 Å². The lowest BCUT2D eigenvalue weighted by Crippen LogP contribution is -2.50. The number of ether oxygens (including phenoxy) is 2. The number of methoxy groups -OCH3 is 1. The number of nitrogens with zero attached hydrogens (tertiary/aromatic N) is 3. The number of piperazine rings is 1. The molecule has 3 rings (SSSR count). The summed E-state index contributed by atoms with van der Waals surface area (Å²) in [6, 6.07) is 4.84. The number of rotatable bonds is 7. The minimum Gasteiger partial charge on any atom is -0.496 e. The maximum Gasteiger partial charge on any atom is 0.409 e. The predicted octanol–water partition coefficient (Wildman–Crippen LogP) is 1.71. The molecule has 0 atom stereocenters. The molecular formula is C21H31N3O6S. The van der Waals surface area contributed by atoms with Crippen LogP contribution >= 0.6 is 0 Å². The van der Waals surface area contributed by atoms with Crippen molar-refractivity contribution in [1.29, 1.82) is 0 Å².